The van der Waals surface area contributed by atoms with Crippen molar-refractivity contribution in [2.75, 3.05) is 19.7 Å². The lowest BCUT2D eigenvalue weighted by Gasteiger charge is -2.40. The van der Waals surface area contributed by atoms with Crippen LogP contribution < -0.4 is 0 Å². The number of hydrogen-bond donors (Lipinski definition) is 0. The molecule has 0 aromatic rings. The second-order valence-electron chi connectivity index (χ2n) is 8.63. The minimum Gasteiger partial charge on any atom is -0.444 e. The summed E-state index contributed by atoms with van der Waals surface area (Å²) < 4.78 is 50.2. The fourth-order valence-electron chi connectivity index (χ4n) is 3.44. The number of rotatable bonds is 3. The van der Waals surface area contributed by atoms with Crippen molar-refractivity contribution in [2.24, 2.45) is 10.8 Å². The number of carbonyl (C=O) groups excluding carboxylic acids is 1. The summed E-state index contributed by atoms with van der Waals surface area (Å²) in [6, 6.07) is 0. The van der Waals surface area contributed by atoms with Crippen LogP contribution in [0.25, 0.3) is 0 Å². The largest absolute Gasteiger partial charge is 0.444 e. The second-order valence-corrected chi connectivity index (χ2v) is 8.63. The lowest BCUT2D eigenvalue weighted by Crippen LogP contribution is -2.50. The molecule has 1 aliphatic heterocycles. The molecule has 4 nitrogen and oxygen atoms in total. The van der Waals surface area contributed by atoms with Gasteiger partial charge in [0.05, 0.1) is 18.1 Å². The molecule has 1 unspecified atom stereocenters. The number of likely N-dealkylation sites (tertiary alicyclic amines) is 1. The van der Waals surface area contributed by atoms with E-state index in [0.29, 0.717) is 19.5 Å². The number of hydrogen-bond acceptors (Lipinski definition) is 3. The number of amides is 1. The summed E-state index contributed by atoms with van der Waals surface area (Å²) in [7, 11) is 0. The number of carbonyl (C=O) groups is 1. The quantitative estimate of drug-likeness (QED) is 0.769. The van der Waals surface area contributed by atoms with E-state index < -0.39 is 17.2 Å². The second kappa shape index (κ2) is 5.51. The summed E-state index contributed by atoms with van der Waals surface area (Å²) in [5.41, 5.74) is -2.34. The highest BCUT2D eigenvalue weighted by Gasteiger charge is 2.64. The van der Waals surface area contributed by atoms with Crippen LogP contribution >= 0.6 is 0 Å². The SMILES string of the molecule is CC(C)(C)OC(=O)N1CCC(OCC2(C(F)(F)F)CC2)C2(CC2)C1. The normalized spacial score (nSPS) is 27.9. The Balaban J connectivity index is 1.55. The Morgan fingerprint density at radius 1 is 1.17 bits per heavy atom. The fraction of sp³-hybridized carbons (Fsp3) is 0.941. The van der Waals surface area contributed by atoms with E-state index in [1.54, 1.807) is 4.90 Å². The predicted octanol–water partition coefficient (Wildman–Crippen LogP) is 4.14. The standard InChI is InChI=1S/C17H26F3NO3/c1-14(2,3)24-13(22)21-9-4-12(15(10-21)5-6-15)23-11-16(7-8-16)17(18,19)20/h12H,4-11H2,1-3H3. The van der Waals surface area contributed by atoms with Gasteiger partial charge in [-0.2, -0.15) is 13.2 Å². The van der Waals surface area contributed by atoms with Crippen molar-refractivity contribution in [3.8, 4) is 0 Å². The van der Waals surface area contributed by atoms with Crippen molar-refractivity contribution in [2.45, 2.75) is 70.8 Å². The van der Waals surface area contributed by atoms with Gasteiger partial charge in [0.2, 0.25) is 0 Å². The summed E-state index contributed by atoms with van der Waals surface area (Å²) in [5.74, 6) is 0. The van der Waals surface area contributed by atoms with Gasteiger partial charge in [0.1, 0.15) is 5.60 Å². The Hall–Kier alpha value is -0.980. The van der Waals surface area contributed by atoms with Crippen LogP contribution in [0.15, 0.2) is 0 Å². The maximum Gasteiger partial charge on any atom is 0.410 e. The van der Waals surface area contributed by atoms with E-state index in [2.05, 4.69) is 0 Å². The Kier molecular flexibility index (Phi) is 4.09. The predicted molar refractivity (Wildman–Crippen MR) is 81.6 cm³/mol. The molecule has 3 fully saturated rings. The molecule has 1 saturated heterocycles. The van der Waals surface area contributed by atoms with Gasteiger partial charge in [-0.25, -0.2) is 4.79 Å². The van der Waals surface area contributed by atoms with E-state index in [0.717, 1.165) is 12.8 Å². The first kappa shape index (κ1) is 17.8. The molecular formula is C17H26F3NO3. The van der Waals surface area contributed by atoms with Crippen LogP contribution in [0.3, 0.4) is 0 Å². The van der Waals surface area contributed by atoms with Gasteiger partial charge >= 0.3 is 12.3 Å². The highest BCUT2D eigenvalue weighted by molar-refractivity contribution is 5.68. The zero-order valence-electron chi connectivity index (χ0n) is 14.5. The minimum atomic E-state index is -4.18. The third-order valence-corrected chi connectivity index (χ3v) is 5.41. The minimum absolute atomic E-state index is 0.167. The molecule has 1 heterocycles. The third kappa shape index (κ3) is 3.51. The summed E-state index contributed by atoms with van der Waals surface area (Å²) >= 11 is 0. The Morgan fingerprint density at radius 3 is 2.25 bits per heavy atom. The van der Waals surface area contributed by atoms with Gasteiger partial charge < -0.3 is 14.4 Å². The molecular weight excluding hydrogens is 323 g/mol. The van der Waals surface area contributed by atoms with Gasteiger partial charge in [0.15, 0.2) is 0 Å². The highest BCUT2D eigenvalue weighted by atomic mass is 19.4. The first-order valence-electron chi connectivity index (χ1n) is 8.63. The highest BCUT2D eigenvalue weighted by Crippen LogP contribution is 2.59. The van der Waals surface area contributed by atoms with Gasteiger partial charge in [-0.1, -0.05) is 0 Å². The average molecular weight is 349 g/mol. The smallest absolute Gasteiger partial charge is 0.410 e. The molecule has 7 heteroatoms. The Labute approximate surface area is 140 Å². The monoisotopic (exact) mass is 349 g/mol. The molecule has 0 N–H and O–H groups in total. The van der Waals surface area contributed by atoms with Gasteiger partial charge in [-0.05, 0) is 52.9 Å². The van der Waals surface area contributed by atoms with Crippen molar-refractivity contribution in [3.05, 3.63) is 0 Å². The van der Waals surface area contributed by atoms with Crippen LogP contribution in [0.1, 0.15) is 52.9 Å². The summed E-state index contributed by atoms with van der Waals surface area (Å²) in [4.78, 5) is 13.9. The van der Waals surface area contributed by atoms with E-state index in [9.17, 15) is 18.0 Å². The van der Waals surface area contributed by atoms with Crippen LogP contribution in [0.5, 0.6) is 0 Å². The fourth-order valence-corrected chi connectivity index (χ4v) is 3.44. The van der Waals surface area contributed by atoms with Crippen LogP contribution in [0.2, 0.25) is 0 Å². The van der Waals surface area contributed by atoms with Gasteiger partial charge in [0.25, 0.3) is 0 Å². The first-order valence-corrected chi connectivity index (χ1v) is 8.63. The molecule has 2 saturated carbocycles. The number of piperidine rings is 1. The van der Waals surface area contributed by atoms with Crippen LogP contribution in [0, 0.1) is 10.8 Å². The van der Waals surface area contributed by atoms with Gasteiger partial charge in [-0.3, -0.25) is 0 Å². The molecule has 1 spiro atoms. The lowest BCUT2D eigenvalue weighted by molar-refractivity contribution is -0.210. The van der Waals surface area contributed by atoms with Crippen molar-refractivity contribution >= 4 is 6.09 Å². The van der Waals surface area contributed by atoms with Crippen LogP contribution in [-0.4, -0.2) is 48.6 Å². The Bertz CT molecular complexity index is 504. The molecule has 3 aliphatic rings. The molecule has 0 aromatic heterocycles. The van der Waals surface area contributed by atoms with Crippen molar-refractivity contribution in [1.82, 2.24) is 4.90 Å². The molecule has 24 heavy (non-hydrogen) atoms. The van der Waals surface area contributed by atoms with E-state index in [1.807, 2.05) is 20.8 Å². The summed E-state index contributed by atoms with van der Waals surface area (Å²) in [6.45, 7) is 6.21. The zero-order valence-corrected chi connectivity index (χ0v) is 14.5. The van der Waals surface area contributed by atoms with E-state index in [4.69, 9.17) is 9.47 Å². The maximum absolute atomic E-state index is 13.0. The number of ether oxygens (including phenoxy) is 2. The molecule has 0 radical (unpaired) electrons. The topological polar surface area (TPSA) is 38.8 Å². The lowest BCUT2D eigenvalue weighted by atomic mass is 9.91. The number of alkyl halides is 3. The number of halogens is 3. The molecule has 138 valence electrons. The molecule has 1 atom stereocenters. The Morgan fingerprint density at radius 2 is 1.79 bits per heavy atom. The zero-order chi connectivity index (χ0) is 17.8. The van der Waals surface area contributed by atoms with Gasteiger partial charge in [0, 0.05) is 18.5 Å². The molecule has 2 aliphatic carbocycles. The molecule has 1 amide bonds. The summed E-state index contributed by atoms with van der Waals surface area (Å²) in [5, 5.41) is 0. The summed E-state index contributed by atoms with van der Waals surface area (Å²) in [6.07, 6.45) is -2.00. The molecule has 3 rings (SSSR count). The number of nitrogens with zero attached hydrogens (tertiary/aromatic N) is 1. The third-order valence-electron chi connectivity index (χ3n) is 5.41. The first-order chi connectivity index (χ1) is 11.0. The van der Waals surface area contributed by atoms with Crippen molar-refractivity contribution in [3.63, 3.8) is 0 Å². The van der Waals surface area contributed by atoms with Crippen LogP contribution in [0.4, 0.5) is 18.0 Å². The molecule has 0 aromatic carbocycles. The van der Waals surface area contributed by atoms with Crippen molar-refractivity contribution in [1.29, 1.82) is 0 Å². The maximum atomic E-state index is 13.0. The van der Waals surface area contributed by atoms with Crippen molar-refractivity contribution < 1.29 is 27.4 Å². The van der Waals surface area contributed by atoms with E-state index in [1.165, 1.54) is 0 Å². The van der Waals surface area contributed by atoms with E-state index in [-0.39, 0.29) is 37.1 Å². The van der Waals surface area contributed by atoms with E-state index >= 15 is 0 Å². The van der Waals surface area contributed by atoms with Crippen LogP contribution in [-0.2, 0) is 9.47 Å². The van der Waals surface area contributed by atoms with Gasteiger partial charge in [-0.15, -0.1) is 0 Å². The average Bonchev–Trinajstić information content (AvgIpc) is 3.31. The molecule has 0 bridgehead atoms.